The van der Waals surface area contributed by atoms with E-state index in [4.69, 9.17) is 5.21 Å². The van der Waals surface area contributed by atoms with Crippen LogP contribution in [-0.4, -0.2) is 15.7 Å². The molecule has 0 spiro atoms. The maximum Gasteiger partial charge on any atom is 0.0644 e. The SMILES string of the molecule is O/N=C1\C2C3C(Br)C4C5CC(C1C53)C24. The fourth-order valence-corrected chi connectivity index (χ4v) is 7.79. The molecule has 9 unspecified atom stereocenters. The molecule has 0 aromatic heterocycles. The number of alkyl halides is 1. The first-order valence-corrected chi connectivity index (χ1v) is 6.62. The summed E-state index contributed by atoms with van der Waals surface area (Å²) >= 11 is 3.91. The summed E-state index contributed by atoms with van der Waals surface area (Å²) in [7, 11) is 0. The Morgan fingerprint density at radius 1 is 1.07 bits per heavy atom. The average molecular weight is 254 g/mol. The van der Waals surface area contributed by atoms with Crippen LogP contribution in [0.3, 0.4) is 0 Å². The second-order valence-corrected chi connectivity index (χ2v) is 6.95. The molecule has 6 saturated carbocycles. The highest BCUT2D eigenvalue weighted by Crippen LogP contribution is 2.82. The first-order valence-electron chi connectivity index (χ1n) is 5.70. The number of hydrogen-bond acceptors (Lipinski definition) is 2. The Balaban J connectivity index is 1.85. The Labute approximate surface area is 90.9 Å². The summed E-state index contributed by atoms with van der Waals surface area (Å²) in [4.78, 5) is 0.752. The van der Waals surface area contributed by atoms with Crippen molar-refractivity contribution >= 4 is 21.6 Å². The lowest BCUT2D eigenvalue weighted by atomic mass is 9.71. The number of halogens is 1. The van der Waals surface area contributed by atoms with E-state index in [-0.39, 0.29) is 0 Å². The Morgan fingerprint density at radius 2 is 1.86 bits per heavy atom. The van der Waals surface area contributed by atoms with E-state index in [0.717, 1.165) is 40.3 Å². The van der Waals surface area contributed by atoms with Gasteiger partial charge < -0.3 is 5.21 Å². The van der Waals surface area contributed by atoms with Gasteiger partial charge in [0.25, 0.3) is 0 Å². The molecule has 0 radical (unpaired) electrons. The van der Waals surface area contributed by atoms with Crippen molar-refractivity contribution in [2.45, 2.75) is 11.2 Å². The van der Waals surface area contributed by atoms with Gasteiger partial charge in [-0.15, -0.1) is 0 Å². The average Bonchev–Trinajstić information content (AvgIpc) is 2.85. The third kappa shape index (κ3) is 0.427. The highest BCUT2D eigenvalue weighted by atomic mass is 79.9. The standard InChI is InChI=1S/C11H12BrNO/c12-10-6-2-1-3-4(6)9-8(10)5(2)7(3)11(9)13-14/h2-10,14H,1H2/b13-11-. The van der Waals surface area contributed by atoms with E-state index in [0.29, 0.717) is 11.8 Å². The molecule has 6 fully saturated rings. The zero-order valence-electron chi connectivity index (χ0n) is 7.68. The predicted molar refractivity (Wildman–Crippen MR) is 54.5 cm³/mol. The molecule has 9 atom stereocenters. The van der Waals surface area contributed by atoms with Crippen LogP contribution in [0.4, 0.5) is 0 Å². The van der Waals surface area contributed by atoms with E-state index < -0.39 is 0 Å². The number of hydrogen-bond donors (Lipinski definition) is 1. The van der Waals surface area contributed by atoms with Gasteiger partial charge in [0, 0.05) is 16.7 Å². The fourth-order valence-electron chi connectivity index (χ4n) is 6.36. The molecule has 0 aromatic carbocycles. The lowest BCUT2D eigenvalue weighted by Gasteiger charge is -2.32. The maximum atomic E-state index is 9.14. The van der Waals surface area contributed by atoms with Gasteiger partial charge in [-0.05, 0) is 41.9 Å². The van der Waals surface area contributed by atoms with Crippen LogP contribution >= 0.6 is 15.9 Å². The summed E-state index contributed by atoms with van der Waals surface area (Å²) in [5, 5.41) is 12.8. The molecule has 0 aromatic rings. The van der Waals surface area contributed by atoms with Gasteiger partial charge in [-0.2, -0.15) is 0 Å². The lowest BCUT2D eigenvalue weighted by molar-refractivity contribution is 0.132. The van der Waals surface area contributed by atoms with Gasteiger partial charge in [0.15, 0.2) is 0 Å². The van der Waals surface area contributed by atoms with Crippen LogP contribution < -0.4 is 0 Å². The molecule has 2 nitrogen and oxygen atoms in total. The summed E-state index contributed by atoms with van der Waals surface area (Å²) in [5.41, 5.74) is 1.20. The second kappa shape index (κ2) is 1.81. The van der Waals surface area contributed by atoms with Gasteiger partial charge in [0.1, 0.15) is 0 Å². The monoisotopic (exact) mass is 253 g/mol. The molecule has 0 aliphatic heterocycles. The van der Waals surface area contributed by atoms with Crippen molar-refractivity contribution in [3.05, 3.63) is 0 Å². The second-order valence-electron chi connectivity index (χ2n) is 5.89. The first kappa shape index (κ1) is 7.26. The first-order chi connectivity index (χ1) is 6.84. The van der Waals surface area contributed by atoms with E-state index in [1.54, 1.807) is 0 Å². The molecular weight excluding hydrogens is 242 g/mol. The largest absolute Gasteiger partial charge is 0.411 e. The van der Waals surface area contributed by atoms with Crippen molar-refractivity contribution in [2.75, 3.05) is 0 Å². The number of nitrogens with zero attached hydrogens (tertiary/aromatic N) is 1. The van der Waals surface area contributed by atoms with Gasteiger partial charge >= 0.3 is 0 Å². The van der Waals surface area contributed by atoms with Crippen LogP contribution in [0.2, 0.25) is 0 Å². The molecule has 14 heavy (non-hydrogen) atoms. The molecule has 74 valence electrons. The molecule has 6 aliphatic carbocycles. The molecule has 0 heterocycles. The lowest BCUT2D eigenvalue weighted by Crippen LogP contribution is -2.30. The smallest absolute Gasteiger partial charge is 0.0644 e. The van der Waals surface area contributed by atoms with E-state index in [1.165, 1.54) is 12.1 Å². The number of rotatable bonds is 0. The van der Waals surface area contributed by atoms with Crippen LogP contribution in [0.1, 0.15) is 6.42 Å². The molecule has 0 saturated heterocycles. The molecular formula is C11H12BrNO. The van der Waals surface area contributed by atoms with Gasteiger partial charge in [0.2, 0.25) is 0 Å². The highest BCUT2D eigenvalue weighted by Gasteiger charge is 2.82. The van der Waals surface area contributed by atoms with Crippen LogP contribution in [0.5, 0.6) is 0 Å². The molecule has 6 rings (SSSR count). The quantitative estimate of drug-likeness (QED) is 0.400. The Kier molecular flexibility index (Phi) is 0.940. The number of oxime groups is 1. The van der Waals surface area contributed by atoms with Crippen molar-refractivity contribution < 1.29 is 5.21 Å². The third-order valence-corrected chi connectivity index (χ3v) is 7.38. The molecule has 6 bridgehead atoms. The predicted octanol–water partition coefficient (Wildman–Crippen LogP) is 1.97. The minimum atomic E-state index is 0.674. The van der Waals surface area contributed by atoms with Gasteiger partial charge in [-0.1, -0.05) is 21.1 Å². The normalized spacial score (nSPS) is 77.8. The molecule has 3 heteroatoms. The minimum Gasteiger partial charge on any atom is -0.411 e. The van der Waals surface area contributed by atoms with E-state index in [2.05, 4.69) is 21.1 Å². The zero-order valence-corrected chi connectivity index (χ0v) is 9.26. The summed E-state index contributed by atoms with van der Waals surface area (Å²) in [6.07, 6.45) is 1.44. The van der Waals surface area contributed by atoms with E-state index >= 15 is 0 Å². The van der Waals surface area contributed by atoms with E-state index in [1.807, 2.05) is 0 Å². The Morgan fingerprint density at radius 3 is 2.57 bits per heavy atom. The van der Waals surface area contributed by atoms with Crippen LogP contribution in [0, 0.1) is 47.3 Å². The summed E-state index contributed by atoms with van der Waals surface area (Å²) in [6, 6.07) is 0. The van der Waals surface area contributed by atoms with Crippen LogP contribution in [0.15, 0.2) is 5.16 Å². The molecule has 0 amide bonds. The summed E-state index contributed by atoms with van der Waals surface area (Å²) in [6.45, 7) is 0. The van der Waals surface area contributed by atoms with Gasteiger partial charge in [0.05, 0.1) is 5.71 Å². The topological polar surface area (TPSA) is 32.6 Å². The summed E-state index contributed by atoms with van der Waals surface area (Å²) < 4.78 is 0. The minimum absolute atomic E-state index is 0.674. The Bertz CT molecular complexity index is 379. The van der Waals surface area contributed by atoms with Crippen LogP contribution in [-0.2, 0) is 0 Å². The van der Waals surface area contributed by atoms with Crippen LogP contribution in [0.25, 0.3) is 0 Å². The molecule has 6 aliphatic rings. The van der Waals surface area contributed by atoms with Crippen molar-refractivity contribution in [2.24, 2.45) is 52.5 Å². The van der Waals surface area contributed by atoms with Crippen molar-refractivity contribution in [3.8, 4) is 0 Å². The van der Waals surface area contributed by atoms with Crippen molar-refractivity contribution in [3.63, 3.8) is 0 Å². The fraction of sp³-hybridized carbons (Fsp3) is 0.909. The van der Waals surface area contributed by atoms with E-state index in [9.17, 15) is 0 Å². The van der Waals surface area contributed by atoms with Crippen molar-refractivity contribution in [1.29, 1.82) is 0 Å². The molecule has 1 N–H and O–H groups in total. The highest BCUT2D eigenvalue weighted by molar-refractivity contribution is 9.09. The Hall–Kier alpha value is -0.0500. The van der Waals surface area contributed by atoms with Gasteiger partial charge in [-0.25, -0.2) is 0 Å². The zero-order chi connectivity index (χ0) is 9.19. The summed E-state index contributed by atoms with van der Waals surface area (Å²) in [5.74, 6) is 6.84. The van der Waals surface area contributed by atoms with Gasteiger partial charge in [-0.3, -0.25) is 0 Å². The third-order valence-electron chi connectivity index (χ3n) is 6.16. The van der Waals surface area contributed by atoms with Crippen molar-refractivity contribution in [1.82, 2.24) is 0 Å². The maximum absolute atomic E-state index is 9.14.